The van der Waals surface area contributed by atoms with Gasteiger partial charge >= 0.3 is 0 Å². The van der Waals surface area contributed by atoms with Crippen molar-refractivity contribution in [2.24, 2.45) is 0 Å². The van der Waals surface area contributed by atoms with E-state index in [1.54, 1.807) is 6.07 Å². The number of aromatic nitrogens is 1. The van der Waals surface area contributed by atoms with Gasteiger partial charge in [-0.2, -0.15) is 0 Å². The van der Waals surface area contributed by atoms with Crippen molar-refractivity contribution in [3.63, 3.8) is 0 Å². The number of hydrogen-bond donors (Lipinski definition) is 1. The van der Waals surface area contributed by atoms with E-state index < -0.39 is 0 Å². The molecule has 1 N–H and O–H groups in total. The molecule has 0 aliphatic rings. The second-order valence-corrected chi connectivity index (χ2v) is 5.73. The minimum atomic E-state index is 0.0439. The molecule has 0 saturated heterocycles. The van der Waals surface area contributed by atoms with Gasteiger partial charge < -0.3 is 9.84 Å². The van der Waals surface area contributed by atoms with Crippen LogP contribution < -0.4 is 4.74 Å². The van der Waals surface area contributed by atoms with E-state index in [4.69, 9.17) is 16.3 Å². The summed E-state index contributed by atoms with van der Waals surface area (Å²) >= 11 is 12.6. The summed E-state index contributed by atoms with van der Waals surface area (Å²) in [4.78, 5) is 4.29. The Bertz CT molecular complexity index is 585. The van der Waals surface area contributed by atoms with E-state index in [1.165, 1.54) is 12.1 Å². The van der Waals surface area contributed by atoms with E-state index >= 15 is 0 Å². The van der Waals surface area contributed by atoms with Crippen LogP contribution >= 0.6 is 43.5 Å². The Labute approximate surface area is 126 Å². The molecule has 0 saturated carbocycles. The lowest BCUT2D eigenvalue weighted by Crippen LogP contribution is -1.92. The zero-order chi connectivity index (χ0) is 13.3. The molecule has 18 heavy (non-hydrogen) atoms. The van der Waals surface area contributed by atoms with Crippen molar-refractivity contribution in [3.05, 3.63) is 43.9 Å². The zero-order valence-electron chi connectivity index (χ0n) is 9.25. The second kappa shape index (κ2) is 5.47. The van der Waals surface area contributed by atoms with Crippen molar-refractivity contribution < 1.29 is 9.84 Å². The molecule has 1 aromatic carbocycles. The highest BCUT2D eigenvalue weighted by Crippen LogP contribution is 2.33. The maximum absolute atomic E-state index is 9.44. The van der Waals surface area contributed by atoms with Crippen LogP contribution in [-0.4, -0.2) is 10.1 Å². The summed E-state index contributed by atoms with van der Waals surface area (Å²) < 4.78 is 7.18. The number of ether oxygens (including phenoxy) is 1. The predicted molar refractivity (Wildman–Crippen MR) is 77.6 cm³/mol. The predicted octanol–water partition coefficient (Wildman–Crippen LogP) is 5.07. The molecular weight excluding hydrogens is 385 g/mol. The van der Waals surface area contributed by atoms with Crippen LogP contribution in [0.25, 0.3) is 0 Å². The molecule has 2 rings (SSSR count). The normalized spacial score (nSPS) is 10.4. The minimum absolute atomic E-state index is 0.0439. The lowest BCUT2D eigenvalue weighted by molar-refractivity contribution is 0.442. The smallest absolute Gasteiger partial charge is 0.233 e. The Balaban J connectivity index is 2.36. The van der Waals surface area contributed by atoms with Crippen molar-refractivity contribution >= 4 is 43.5 Å². The van der Waals surface area contributed by atoms with Crippen LogP contribution in [0.15, 0.2) is 33.2 Å². The second-order valence-electron chi connectivity index (χ2n) is 3.59. The summed E-state index contributed by atoms with van der Waals surface area (Å²) in [6.45, 7) is 1.86. The summed E-state index contributed by atoms with van der Waals surface area (Å²) in [5.74, 6) is 0.884. The van der Waals surface area contributed by atoms with Gasteiger partial charge in [0.05, 0.1) is 10.2 Å². The van der Waals surface area contributed by atoms with E-state index in [0.717, 1.165) is 10.2 Å². The molecule has 0 spiro atoms. The van der Waals surface area contributed by atoms with Crippen LogP contribution in [0.3, 0.4) is 0 Å². The average Bonchev–Trinajstić information content (AvgIpc) is 2.24. The standard InChI is InChI=1S/C12H8Br2ClNO2/c1-6-10(13)5-11(14)12(16-6)18-9-3-7(15)2-8(17)4-9/h2-5,17H,1H3. The molecule has 0 radical (unpaired) electrons. The molecule has 1 aromatic heterocycles. The van der Waals surface area contributed by atoms with E-state index in [-0.39, 0.29) is 5.75 Å². The van der Waals surface area contributed by atoms with Crippen LogP contribution in [0.2, 0.25) is 5.02 Å². The third kappa shape index (κ3) is 3.16. The maximum atomic E-state index is 9.44. The highest BCUT2D eigenvalue weighted by Gasteiger charge is 2.09. The molecule has 0 atom stereocenters. The van der Waals surface area contributed by atoms with E-state index in [2.05, 4.69) is 36.8 Å². The number of aryl methyl sites for hydroxylation is 1. The number of rotatable bonds is 2. The molecule has 0 aliphatic heterocycles. The highest BCUT2D eigenvalue weighted by molar-refractivity contribution is 9.11. The Kier molecular flexibility index (Phi) is 4.14. The number of aromatic hydroxyl groups is 1. The molecule has 2 aromatic rings. The first-order chi connectivity index (χ1) is 8.45. The lowest BCUT2D eigenvalue weighted by Gasteiger charge is -2.09. The number of hydrogen-bond acceptors (Lipinski definition) is 3. The van der Waals surface area contributed by atoms with Gasteiger partial charge in [-0.15, -0.1) is 0 Å². The van der Waals surface area contributed by atoms with Gasteiger partial charge in [-0.1, -0.05) is 11.6 Å². The molecule has 94 valence electrons. The van der Waals surface area contributed by atoms with Gasteiger partial charge in [0.2, 0.25) is 5.88 Å². The van der Waals surface area contributed by atoms with Gasteiger partial charge in [0, 0.05) is 15.6 Å². The molecule has 0 amide bonds. The fraction of sp³-hybridized carbons (Fsp3) is 0.0833. The van der Waals surface area contributed by atoms with Crippen LogP contribution in [0.1, 0.15) is 5.69 Å². The minimum Gasteiger partial charge on any atom is -0.508 e. The van der Waals surface area contributed by atoms with Crippen LogP contribution in [-0.2, 0) is 0 Å². The summed E-state index contributed by atoms with van der Waals surface area (Å²) in [7, 11) is 0. The number of nitrogens with zero attached hydrogens (tertiary/aromatic N) is 1. The zero-order valence-corrected chi connectivity index (χ0v) is 13.2. The molecule has 3 nitrogen and oxygen atoms in total. The highest BCUT2D eigenvalue weighted by atomic mass is 79.9. The Morgan fingerprint density at radius 2 is 1.89 bits per heavy atom. The quantitative estimate of drug-likeness (QED) is 0.775. The summed E-state index contributed by atoms with van der Waals surface area (Å²) in [5, 5.41) is 9.83. The van der Waals surface area contributed by atoms with Gasteiger partial charge in [0.25, 0.3) is 0 Å². The third-order valence-electron chi connectivity index (χ3n) is 2.14. The lowest BCUT2D eigenvalue weighted by atomic mass is 10.3. The maximum Gasteiger partial charge on any atom is 0.233 e. The number of phenols is 1. The first-order valence-electron chi connectivity index (χ1n) is 4.96. The van der Waals surface area contributed by atoms with E-state index in [1.807, 2.05) is 13.0 Å². The fourth-order valence-corrected chi connectivity index (χ4v) is 2.57. The van der Waals surface area contributed by atoms with E-state index in [0.29, 0.717) is 21.1 Å². The van der Waals surface area contributed by atoms with Gasteiger partial charge in [0.1, 0.15) is 11.5 Å². The van der Waals surface area contributed by atoms with Crippen molar-refractivity contribution in [1.29, 1.82) is 0 Å². The Morgan fingerprint density at radius 1 is 1.17 bits per heavy atom. The molecule has 0 fully saturated rings. The monoisotopic (exact) mass is 391 g/mol. The summed E-state index contributed by atoms with van der Waals surface area (Å²) in [6, 6.07) is 6.36. The molecule has 1 heterocycles. The average molecular weight is 393 g/mol. The van der Waals surface area contributed by atoms with Crippen LogP contribution in [0, 0.1) is 6.92 Å². The number of benzene rings is 1. The molecule has 6 heteroatoms. The third-order valence-corrected chi connectivity index (χ3v) is 3.73. The van der Waals surface area contributed by atoms with E-state index in [9.17, 15) is 5.11 Å². The van der Waals surface area contributed by atoms with Crippen molar-refractivity contribution in [2.75, 3.05) is 0 Å². The SMILES string of the molecule is Cc1nc(Oc2cc(O)cc(Cl)c2)c(Br)cc1Br. The number of phenolic OH excluding ortho intramolecular Hbond substituents is 1. The summed E-state index contributed by atoms with van der Waals surface area (Å²) in [6.07, 6.45) is 0. The van der Waals surface area contributed by atoms with Gasteiger partial charge in [0.15, 0.2) is 0 Å². The number of halogens is 3. The molecule has 0 aliphatic carbocycles. The Morgan fingerprint density at radius 3 is 2.56 bits per heavy atom. The summed E-state index contributed by atoms with van der Waals surface area (Å²) in [5.41, 5.74) is 0.805. The van der Waals surface area contributed by atoms with Crippen molar-refractivity contribution in [3.8, 4) is 17.4 Å². The fourth-order valence-electron chi connectivity index (χ4n) is 1.33. The topological polar surface area (TPSA) is 42.4 Å². The number of pyridine rings is 1. The molecular formula is C12H8Br2ClNO2. The van der Waals surface area contributed by atoms with Crippen LogP contribution in [0.4, 0.5) is 0 Å². The largest absolute Gasteiger partial charge is 0.508 e. The molecule has 0 bridgehead atoms. The van der Waals surface area contributed by atoms with Gasteiger partial charge in [-0.05, 0) is 57.0 Å². The van der Waals surface area contributed by atoms with Crippen molar-refractivity contribution in [2.45, 2.75) is 6.92 Å². The van der Waals surface area contributed by atoms with Gasteiger partial charge in [-0.25, -0.2) is 4.98 Å². The van der Waals surface area contributed by atoms with Crippen molar-refractivity contribution in [1.82, 2.24) is 4.98 Å². The first-order valence-corrected chi connectivity index (χ1v) is 6.92. The van der Waals surface area contributed by atoms with Crippen LogP contribution in [0.5, 0.6) is 17.4 Å². The first kappa shape index (κ1) is 13.6. The van der Waals surface area contributed by atoms with Gasteiger partial charge in [-0.3, -0.25) is 0 Å². The molecule has 0 unspecified atom stereocenters. The Hall–Kier alpha value is -0.780.